The number of rotatable bonds is 3. The number of hydrogen-bond donors (Lipinski definition) is 1. The Morgan fingerprint density at radius 2 is 2.41 bits per heavy atom. The summed E-state index contributed by atoms with van der Waals surface area (Å²) in [7, 11) is 0. The second kappa shape index (κ2) is 5.70. The van der Waals surface area contributed by atoms with Gasteiger partial charge in [0.2, 0.25) is 0 Å². The van der Waals surface area contributed by atoms with E-state index < -0.39 is 0 Å². The Balaban J connectivity index is 1.95. The molecule has 0 radical (unpaired) electrons. The SMILES string of the molecule is Cc1ccc(C#N)cc1OCC1CCCNC1. The molecule has 0 saturated carbocycles. The van der Waals surface area contributed by atoms with Crippen LogP contribution in [0.1, 0.15) is 24.0 Å². The molecule has 3 nitrogen and oxygen atoms in total. The average Bonchev–Trinajstić information content (AvgIpc) is 2.39. The Hall–Kier alpha value is -1.53. The van der Waals surface area contributed by atoms with Gasteiger partial charge in [0, 0.05) is 12.5 Å². The van der Waals surface area contributed by atoms with E-state index in [2.05, 4.69) is 11.4 Å². The van der Waals surface area contributed by atoms with E-state index in [1.807, 2.05) is 25.1 Å². The van der Waals surface area contributed by atoms with Crippen molar-refractivity contribution in [1.82, 2.24) is 5.32 Å². The number of nitrogens with one attached hydrogen (secondary N) is 1. The van der Waals surface area contributed by atoms with Crippen molar-refractivity contribution in [3.63, 3.8) is 0 Å². The van der Waals surface area contributed by atoms with E-state index in [0.717, 1.165) is 31.0 Å². The van der Waals surface area contributed by atoms with Gasteiger partial charge in [0.05, 0.1) is 18.2 Å². The van der Waals surface area contributed by atoms with Gasteiger partial charge in [-0.1, -0.05) is 6.07 Å². The Morgan fingerprint density at radius 1 is 1.53 bits per heavy atom. The van der Waals surface area contributed by atoms with Gasteiger partial charge in [-0.05, 0) is 44.0 Å². The van der Waals surface area contributed by atoms with Gasteiger partial charge in [0.25, 0.3) is 0 Å². The molecule has 1 aromatic carbocycles. The van der Waals surface area contributed by atoms with Crippen LogP contribution in [0, 0.1) is 24.2 Å². The van der Waals surface area contributed by atoms with Crippen LogP contribution < -0.4 is 10.1 Å². The largest absolute Gasteiger partial charge is 0.493 e. The fourth-order valence-electron chi connectivity index (χ4n) is 2.10. The molecule has 3 heteroatoms. The molecular weight excluding hydrogens is 212 g/mol. The summed E-state index contributed by atoms with van der Waals surface area (Å²) in [6, 6.07) is 7.73. The summed E-state index contributed by atoms with van der Waals surface area (Å²) in [5.41, 5.74) is 1.75. The van der Waals surface area contributed by atoms with E-state index >= 15 is 0 Å². The maximum absolute atomic E-state index is 8.85. The highest BCUT2D eigenvalue weighted by molar-refractivity contribution is 5.41. The molecule has 90 valence electrons. The Bertz CT molecular complexity index is 417. The van der Waals surface area contributed by atoms with Gasteiger partial charge in [-0.15, -0.1) is 0 Å². The molecule has 0 amide bonds. The Morgan fingerprint density at radius 3 is 3.12 bits per heavy atom. The third kappa shape index (κ3) is 3.21. The molecule has 1 aliphatic heterocycles. The van der Waals surface area contributed by atoms with Crippen molar-refractivity contribution in [2.24, 2.45) is 5.92 Å². The summed E-state index contributed by atoms with van der Waals surface area (Å²) in [4.78, 5) is 0. The lowest BCUT2D eigenvalue weighted by Gasteiger charge is -2.23. The lowest BCUT2D eigenvalue weighted by atomic mass is 10.0. The number of hydrogen-bond acceptors (Lipinski definition) is 3. The van der Waals surface area contributed by atoms with Crippen molar-refractivity contribution < 1.29 is 4.74 Å². The van der Waals surface area contributed by atoms with Crippen molar-refractivity contribution in [3.05, 3.63) is 29.3 Å². The molecule has 0 spiro atoms. The minimum Gasteiger partial charge on any atom is -0.493 e. The monoisotopic (exact) mass is 230 g/mol. The lowest BCUT2D eigenvalue weighted by molar-refractivity contribution is 0.217. The van der Waals surface area contributed by atoms with Crippen LogP contribution in [-0.4, -0.2) is 19.7 Å². The van der Waals surface area contributed by atoms with Gasteiger partial charge in [0.15, 0.2) is 0 Å². The maximum atomic E-state index is 8.85. The maximum Gasteiger partial charge on any atom is 0.123 e. The Kier molecular flexibility index (Phi) is 4.00. The fraction of sp³-hybridized carbons (Fsp3) is 0.500. The molecule has 1 aliphatic rings. The average molecular weight is 230 g/mol. The van der Waals surface area contributed by atoms with Gasteiger partial charge in [-0.3, -0.25) is 0 Å². The Labute approximate surface area is 102 Å². The van der Waals surface area contributed by atoms with E-state index in [4.69, 9.17) is 10.00 Å². The van der Waals surface area contributed by atoms with Crippen molar-refractivity contribution in [3.8, 4) is 11.8 Å². The summed E-state index contributed by atoms with van der Waals surface area (Å²) in [5, 5.41) is 12.2. The minimum absolute atomic E-state index is 0.592. The molecule has 1 heterocycles. The second-order valence-electron chi connectivity index (χ2n) is 4.62. The number of ether oxygens (including phenoxy) is 1. The standard InChI is InChI=1S/C14H18N2O/c1-11-4-5-12(8-15)7-14(11)17-10-13-3-2-6-16-9-13/h4-5,7,13,16H,2-3,6,9-10H2,1H3. The first-order valence-corrected chi connectivity index (χ1v) is 6.14. The molecular formula is C14H18N2O. The number of nitriles is 1. The predicted molar refractivity (Wildman–Crippen MR) is 67.0 cm³/mol. The summed E-state index contributed by atoms with van der Waals surface area (Å²) in [6.45, 7) is 4.91. The normalized spacial score (nSPS) is 19.6. The van der Waals surface area contributed by atoms with Crippen LogP contribution in [0.25, 0.3) is 0 Å². The number of nitrogens with zero attached hydrogens (tertiary/aromatic N) is 1. The summed E-state index contributed by atoms with van der Waals surface area (Å²) >= 11 is 0. The second-order valence-corrected chi connectivity index (χ2v) is 4.62. The molecule has 1 fully saturated rings. The smallest absolute Gasteiger partial charge is 0.123 e. The highest BCUT2D eigenvalue weighted by Gasteiger charge is 2.14. The van der Waals surface area contributed by atoms with Gasteiger partial charge in [-0.25, -0.2) is 0 Å². The third-order valence-electron chi connectivity index (χ3n) is 3.19. The van der Waals surface area contributed by atoms with Crippen LogP contribution in [0.4, 0.5) is 0 Å². The zero-order valence-electron chi connectivity index (χ0n) is 10.2. The van der Waals surface area contributed by atoms with Crippen molar-refractivity contribution >= 4 is 0 Å². The molecule has 0 bridgehead atoms. The van der Waals surface area contributed by atoms with E-state index in [1.165, 1.54) is 12.8 Å². The molecule has 2 rings (SSSR count). The first-order chi connectivity index (χ1) is 8.29. The van der Waals surface area contributed by atoms with Crippen molar-refractivity contribution in [2.75, 3.05) is 19.7 Å². The molecule has 1 aromatic rings. The van der Waals surface area contributed by atoms with Crippen LogP contribution in [0.5, 0.6) is 5.75 Å². The van der Waals surface area contributed by atoms with Crippen LogP contribution in [0.15, 0.2) is 18.2 Å². The van der Waals surface area contributed by atoms with Gasteiger partial charge in [-0.2, -0.15) is 5.26 Å². The first-order valence-electron chi connectivity index (χ1n) is 6.14. The molecule has 1 unspecified atom stereocenters. The molecule has 1 N–H and O–H groups in total. The third-order valence-corrected chi connectivity index (χ3v) is 3.19. The summed E-state index contributed by atoms with van der Waals surface area (Å²) in [5.74, 6) is 1.43. The van der Waals surface area contributed by atoms with Crippen LogP contribution in [-0.2, 0) is 0 Å². The zero-order valence-corrected chi connectivity index (χ0v) is 10.2. The van der Waals surface area contributed by atoms with Crippen LogP contribution in [0.3, 0.4) is 0 Å². The molecule has 0 aromatic heterocycles. The molecule has 1 atom stereocenters. The topological polar surface area (TPSA) is 45.0 Å². The highest BCUT2D eigenvalue weighted by Crippen LogP contribution is 2.21. The van der Waals surface area contributed by atoms with Gasteiger partial charge >= 0.3 is 0 Å². The molecule has 0 aliphatic carbocycles. The predicted octanol–water partition coefficient (Wildman–Crippen LogP) is 2.25. The molecule has 17 heavy (non-hydrogen) atoms. The summed E-state index contributed by atoms with van der Waals surface area (Å²) < 4.78 is 5.83. The van der Waals surface area contributed by atoms with Crippen molar-refractivity contribution in [1.29, 1.82) is 5.26 Å². The minimum atomic E-state index is 0.592. The number of benzene rings is 1. The highest BCUT2D eigenvalue weighted by atomic mass is 16.5. The van der Waals surface area contributed by atoms with Gasteiger partial charge in [0.1, 0.15) is 5.75 Å². The van der Waals surface area contributed by atoms with E-state index in [1.54, 1.807) is 0 Å². The van der Waals surface area contributed by atoms with Crippen molar-refractivity contribution in [2.45, 2.75) is 19.8 Å². The fourth-order valence-corrected chi connectivity index (χ4v) is 2.10. The number of piperidine rings is 1. The number of aryl methyl sites for hydroxylation is 1. The van der Waals surface area contributed by atoms with E-state index in [-0.39, 0.29) is 0 Å². The lowest BCUT2D eigenvalue weighted by Crippen LogP contribution is -2.33. The van der Waals surface area contributed by atoms with E-state index in [0.29, 0.717) is 11.5 Å². The quantitative estimate of drug-likeness (QED) is 0.866. The van der Waals surface area contributed by atoms with Crippen LogP contribution >= 0.6 is 0 Å². The zero-order chi connectivity index (χ0) is 12.1. The first kappa shape index (κ1) is 11.9. The van der Waals surface area contributed by atoms with E-state index in [9.17, 15) is 0 Å². The molecule has 1 saturated heterocycles. The summed E-state index contributed by atoms with van der Waals surface area (Å²) in [6.07, 6.45) is 2.45. The van der Waals surface area contributed by atoms with Crippen LogP contribution in [0.2, 0.25) is 0 Å². The van der Waals surface area contributed by atoms with Gasteiger partial charge < -0.3 is 10.1 Å².